The molecule has 2 aliphatic rings. The van der Waals surface area contributed by atoms with Gasteiger partial charge in [0.15, 0.2) is 0 Å². The SMILES string of the molecule is CC(=O)C1CC2=C(C1)C(C)(C)C(C)CC2(C)C. The summed E-state index contributed by atoms with van der Waals surface area (Å²) in [6.45, 7) is 13.6. The van der Waals surface area contributed by atoms with Crippen LogP contribution in [0.1, 0.15) is 60.8 Å². The van der Waals surface area contributed by atoms with E-state index in [9.17, 15) is 4.79 Å². The van der Waals surface area contributed by atoms with Crippen molar-refractivity contribution in [2.45, 2.75) is 60.8 Å². The molecule has 96 valence electrons. The molecule has 0 amide bonds. The van der Waals surface area contributed by atoms with Crippen LogP contribution in [0.15, 0.2) is 11.1 Å². The number of allylic oxidation sites excluding steroid dienone is 2. The molecular formula is C16H26O. The average molecular weight is 234 g/mol. The molecule has 0 radical (unpaired) electrons. The maximum atomic E-state index is 11.7. The molecule has 0 spiro atoms. The van der Waals surface area contributed by atoms with Crippen molar-refractivity contribution in [2.75, 3.05) is 0 Å². The molecule has 2 rings (SSSR count). The van der Waals surface area contributed by atoms with Gasteiger partial charge in [-0.3, -0.25) is 4.79 Å². The molecule has 0 aromatic carbocycles. The molecule has 2 atom stereocenters. The van der Waals surface area contributed by atoms with Crippen LogP contribution in [0, 0.1) is 22.7 Å². The van der Waals surface area contributed by atoms with E-state index in [-0.39, 0.29) is 11.3 Å². The fraction of sp³-hybridized carbons (Fsp3) is 0.812. The number of carbonyl (C=O) groups is 1. The lowest BCUT2D eigenvalue weighted by molar-refractivity contribution is -0.120. The number of hydrogen-bond acceptors (Lipinski definition) is 1. The summed E-state index contributed by atoms with van der Waals surface area (Å²) in [4.78, 5) is 11.7. The molecule has 17 heavy (non-hydrogen) atoms. The average Bonchev–Trinajstić information content (AvgIpc) is 2.60. The molecule has 0 aromatic rings. The lowest BCUT2D eigenvalue weighted by Gasteiger charge is -2.46. The van der Waals surface area contributed by atoms with E-state index in [1.54, 1.807) is 18.1 Å². The lowest BCUT2D eigenvalue weighted by Crippen LogP contribution is -2.35. The van der Waals surface area contributed by atoms with Gasteiger partial charge in [0.2, 0.25) is 0 Å². The van der Waals surface area contributed by atoms with E-state index in [1.165, 1.54) is 6.42 Å². The van der Waals surface area contributed by atoms with Crippen molar-refractivity contribution in [1.29, 1.82) is 0 Å². The van der Waals surface area contributed by atoms with Crippen molar-refractivity contribution in [3.8, 4) is 0 Å². The number of ketones is 1. The fourth-order valence-electron chi connectivity index (χ4n) is 3.88. The van der Waals surface area contributed by atoms with Gasteiger partial charge in [-0.15, -0.1) is 0 Å². The number of hydrogen-bond donors (Lipinski definition) is 0. The van der Waals surface area contributed by atoms with E-state index in [0.29, 0.717) is 17.1 Å². The van der Waals surface area contributed by atoms with E-state index < -0.39 is 0 Å². The molecule has 0 heterocycles. The summed E-state index contributed by atoms with van der Waals surface area (Å²) in [6.07, 6.45) is 3.29. The van der Waals surface area contributed by atoms with Gasteiger partial charge < -0.3 is 0 Å². The zero-order chi connectivity index (χ0) is 13.0. The Labute approximate surface area is 106 Å². The van der Waals surface area contributed by atoms with Gasteiger partial charge >= 0.3 is 0 Å². The molecule has 0 aromatic heterocycles. The van der Waals surface area contributed by atoms with Gasteiger partial charge in [-0.2, -0.15) is 0 Å². The monoisotopic (exact) mass is 234 g/mol. The molecule has 2 aliphatic carbocycles. The van der Waals surface area contributed by atoms with Gasteiger partial charge in [-0.05, 0) is 42.9 Å². The molecule has 0 saturated heterocycles. The highest BCUT2D eigenvalue weighted by Crippen LogP contribution is 2.58. The molecule has 0 saturated carbocycles. The Bertz CT molecular complexity index is 384. The van der Waals surface area contributed by atoms with E-state index in [4.69, 9.17) is 0 Å². The summed E-state index contributed by atoms with van der Waals surface area (Å²) < 4.78 is 0. The third kappa shape index (κ3) is 1.88. The van der Waals surface area contributed by atoms with Crippen LogP contribution in [0.4, 0.5) is 0 Å². The minimum absolute atomic E-state index is 0.267. The minimum atomic E-state index is 0.267. The summed E-state index contributed by atoms with van der Waals surface area (Å²) in [5.41, 5.74) is 3.78. The first-order chi connectivity index (χ1) is 7.66. The molecule has 0 bridgehead atoms. The van der Waals surface area contributed by atoms with Crippen LogP contribution >= 0.6 is 0 Å². The van der Waals surface area contributed by atoms with Gasteiger partial charge in [0.25, 0.3) is 0 Å². The van der Waals surface area contributed by atoms with Gasteiger partial charge in [0.05, 0.1) is 0 Å². The van der Waals surface area contributed by atoms with Crippen LogP contribution in [-0.2, 0) is 4.79 Å². The predicted molar refractivity (Wildman–Crippen MR) is 71.8 cm³/mol. The second kappa shape index (κ2) is 3.70. The van der Waals surface area contributed by atoms with Gasteiger partial charge in [-0.1, -0.05) is 45.8 Å². The predicted octanol–water partition coefficient (Wildman–Crippen LogP) is 4.37. The standard InChI is InChI=1S/C16H26O/c1-10-9-15(3,4)13-7-12(11(2)17)8-14(13)16(10,5)6/h10,12H,7-9H2,1-6H3. The summed E-state index contributed by atoms with van der Waals surface area (Å²) >= 11 is 0. The topological polar surface area (TPSA) is 17.1 Å². The Morgan fingerprint density at radius 3 is 2.18 bits per heavy atom. The summed E-state index contributed by atoms with van der Waals surface area (Å²) in [6, 6.07) is 0. The highest BCUT2D eigenvalue weighted by Gasteiger charge is 2.47. The Morgan fingerprint density at radius 2 is 1.65 bits per heavy atom. The second-order valence-corrected chi connectivity index (χ2v) is 7.38. The number of rotatable bonds is 1. The highest BCUT2D eigenvalue weighted by atomic mass is 16.1. The Morgan fingerprint density at radius 1 is 1.12 bits per heavy atom. The van der Waals surface area contributed by atoms with Crippen LogP contribution < -0.4 is 0 Å². The van der Waals surface area contributed by atoms with E-state index in [0.717, 1.165) is 12.8 Å². The van der Waals surface area contributed by atoms with Crippen molar-refractivity contribution in [3.63, 3.8) is 0 Å². The third-order valence-corrected chi connectivity index (χ3v) is 5.48. The van der Waals surface area contributed by atoms with E-state index >= 15 is 0 Å². The highest BCUT2D eigenvalue weighted by molar-refractivity contribution is 5.80. The van der Waals surface area contributed by atoms with Gasteiger partial charge in [0.1, 0.15) is 5.78 Å². The largest absolute Gasteiger partial charge is 0.300 e. The van der Waals surface area contributed by atoms with Gasteiger partial charge in [-0.25, -0.2) is 0 Å². The normalized spacial score (nSPS) is 34.7. The molecule has 0 aliphatic heterocycles. The molecule has 0 fully saturated rings. The van der Waals surface area contributed by atoms with Crippen LogP contribution in [0.5, 0.6) is 0 Å². The zero-order valence-electron chi connectivity index (χ0n) is 12.2. The summed E-state index contributed by atoms with van der Waals surface area (Å²) in [7, 11) is 0. The van der Waals surface area contributed by atoms with Gasteiger partial charge in [0, 0.05) is 5.92 Å². The molecular weight excluding hydrogens is 208 g/mol. The van der Waals surface area contributed by atoms with Crippen molar-refractivity contribution < 1.29 is 4.79 Å². The van der Waals surface area contributed by atoms with Crippen LogP contribution in [0.3, 0.4) is 0 Å². The molecule has 0 N–H and O–H groups in total. The van der Waals surface area contributed by atoms with E-state index in [2.05, 4.69) is 34.6 Å². The first-order valence-corrected chi connectivity index (χ1v) is 6.89. The lowest BCUT2D eigenvalue weighted by atomic mass is 9.59. The second-order valence-electron chi connectivity index (χ2n) is 7.38. The molecule has 1 heteroatoms. The fourth-order valence-corrected chi connectivity index (χ4v) is 3.88. The van der Waals surface area contributed by atoms with Crippen LogP contribution in [0.25, 0.3) is 0 Å². The first kappa shape index (κ1) is 12.9. The van der Waals surface area contributed by atoms with E-state index in [1.807, 2.05) is 0 Å². The number of Topliss-reactive ketones (excluding diaryl/α,β-unsaturated/α-hetero) is 1. The van der Waals surface area contributed by atoms with Crippen LogP contribution in [0.2, 0.25) is 0 Å². The van der Waals surface area contributed by atoms with Crippen LogP contribution in [-0.4, -0.2) is 5.78 Å². The quantitative estimate of drug-likeness (QED) is 0.616. The van der Waals surface area contributed by atoms with Crippen molar-refractivity contribution in [2.24, 2.45) is 22.7 Å². The minimum Gasteiger partial charge on any atom is -0.300 e. The summed E-state index contributed by atoms with van der Waals surface area (Å²) in [5, 5.41) is 0. The Hall–Kier alpha value is -0.590. The van der Waals surface area contributed by atoms with Crippen molar-refractivity contribution in [3.05, 3.63) is 11.1 Å². The number of carbonyl (C=O) groups excluding carboxylic acids is 1. The molecule has 1 nitrogen and oxygen atoms in total. The Kier molecular flexibility index (Phi) is 2.80. The van der Waals surface area contributed by atoms with Crippen molar-refractivity contribution in [1.82, 2.24) is 0 Å². The first-order valence-electron chi connectivity index (χ1n) is 6.89. The smallest absolute Gasteiger partial charge is 0.133 e. The van der Waals surface area contributed by atoms with Crippen molar-refractivity contribution >= 4 is 5.78 Å². The molecule has 2 unspecified atom stereocenters. The third-order valence-electron chi connectivity index (χ3n) is 5.48. The zero-order valence-corrected chi connectivity index (χ0v) is 12.2. The summed E-state index contributed by atoms with van der Waals surface area (Å²) in [5.74, 6) is 1.35. The maximum absolute atomic E-state index is 11.7. The Balaban J connectivity index is 2.42. The maximum Gasteiger partial charge on any atom is 0.133 e.